The molecule has 5 rings (SSSR count). The van der Waals surface area contributed by atoms with Gasteiger partial charge in [-0.3, -0.25) is 4.79 Å². The number of aliphatic hydroxyl groups excluding tert-OH is 1. The van der Waals surface area contributed by atoms with Crippen molar-refractivity contribution in [2.45, 2.75) is 50.5 Å². The zero-order valence-corrected chi connectivity index (χ0v) is 23.1. The van der Waals surface area contributed by atoms with Gasteiger partial charge in [0.2, 0.25) is 5.91 Å². The van der Waals surface area contributed by atoms with Crippen LogP contribution in [0, 0.1) is 0 Å². The largest absolute Gasteiger partial charge is 0.393 e. The molecule has 1 unspecified atom stereocenters. The first-order valence-corrected chi connectivity index (χ1v) is 12.9. The Labute approximate surface area is 231 Å². The Morgan fingerprint density at radius 3 is 2.36 bits per heavy atom. The first-order chi connectivity index (χ1) is 16.5. The van der Waals surface area contributed by atoms with Gasteiger partial charge in [0.15, 0.2) is 0 Å². The molecule has 2 atom stereocenters. The number of anilines is 1. The summed E-state index contributed by atoms with van der Waals surface area (Å²) in [5.41, 5.74) is 3.49. The zero-order valence-electron chi connectivity index (χ0n) is 20.7. The standard InChI is InChI=1S/C26H34ClN5O2.2ClH/c1-18-2-7-23-24(18)25(29-17-28-23)31-12-14-32(15-13-31)26(34)22(19-3-5-20(27)6-4-19)16-30-10-8-21(33)9-11-30;;/h3-6,17-18,21-22,33H,2,7-16H2,1H3;2*1H/t18-,22?;;/m1../s1. The van der Waals surface area contributed by atoms with Crippen LogP contribution in [0.25, 0.3) is 0 Å². The van der Waals surface area contributed by atoms with Crippen LogP contribution in [0.3, 0.4) is 0 Å². The van der Waals surface area contributed by atoms with E-state index in [1.165, 1.54) is 11.3 Å². The van der Waals surface area contributed by atoms with Crippen LogP contribution in [-0.4, -0.2) is 82.7 Å². The van der Waals surface area contributed by atoms with Crippen LogP contribution in [-0.2, 0) is 11.2 Å². The number of fused-ring (bicyclic) bond motifs is 1. The number of halogens is 3. The molecule has 3 aliphatic rings. The molecule has 2 aliphatic heterocycles. The van der Waals surface area contributed by atoms with E-state index in [0.717, 1.165) is 63.2 Å². The molecule has 1 aromatic carbocycles. The van der Waals surface area contributed by atoms with E-state index in [2.05, 4.69) is 26.7 Å². The summed E-state index contributed by atoms with van der Waals surface area (Å²) in [6.07, 6.45) is 5.16. The van der Waals surface area contributed by atoms with Gasteiger partial charge in [0.25, 0.3) is 0 Å². The summed E-state index contributed by atoms with van der Waals surface area (Å²) < 4.78 is 0. The summed E-state index contributed by atoms with van der Waals surface area (Å²) >= 11 is 6.13. The molecule has 0 bridgehead atoms. The molecule has 10 heteroatoms. The SMILES string of the molecule is C[C@@H]1CCc2ncnc(N3CCN(C(=O)C(CN4CCC(O)CC4)c4ccc(Cl)cc4)CC3)c21.Cl.Cl. The van der Waals surface area contributed by atoms with Gasteiger partial charge in [0, 0.05) is 62.1 Å². The Kier molecular flexibility index (Phi) is 10.2. The lowest BCUT2D eigenvalue weighted by Crippen LogP contribution is -2.52. The maximum atomic E-state index is 13.8. The van der Waals surface area contributed by atoms with Crippen molar-refractivity contribution in [3.8, 4) is 0 Å². The lowest BCUT2D eigenvalue weighted by atomic mass is 9.95. The molecule has 0 radical (unpaired) electrons. The Morgan fingerprint density at radius 1 is 1.03 bits per heavy atom. The highest BCUT2D eigenvalue weighted by Gasteiger charge is 2.33. The molecule has 7 nitrogen and oxygen atoms in total. The highest BCUT2D eigenvalue weighted by Crippen LogP contribution is 2.37. The van der Waals surface area contributed by atoms with Gasteiger partial charge >= 0.3 is 0 Å². The molecule has 1 aromatic heterocycles. The first-order valence-electron chi connectivity index (χ1n) is 12.5. The van der Waals surface area contributed by atoms with Crippen LogP contribution in [0.5, 0.6) is 0 Å². The van der Waals surface area contributed by atoms with Gasteiger partial charge in [-0.1, -0.05) is 30.7 Å². The molecule has 0 spiro atoms. The summed E-state index contributed by atoms with van der Waals surface area (Å²) in [6, 6.07) is 7.69. The predicted molar refractivity (Wildman–Crippen MR) is 148 cm³/mol. The van der Waals surface area contributed by atoms with E-state index in [1.54, 1.807) is 6.33 Å². The third kappa shape index (κ3) is 6.25. The maximum absolute atomic E-state index is 13.8. The Hall–Kier alpha value is -1.64. The van der Waals surface area contributed by atoms with E-state index in [-0.39, 0.29) is 42.7 Å². The van der Waals surface area contributed by atoms with E-state index in [1.807, 2.05) is 29.2 Å². The Balaban J connectivity index is 0.00000180. The van der Waals surface area contributed by atoms with E-state index in [9.17, 15) is 9.90 Å². The second-order valence-electron chi connectivity index (χ2n) is 9.95. The minimum absolute atomic E-state index is 0. The number of hydrogen-bond acceptors (Lipinski definition) is 6. The number of piperidine rings is 1. The molecule has 2 fully saturated rings. The third-order valence-electron chi connectivity index (χ3n) is 7.71. The molecular weight excluding hydrogens is 521 g/mol. The summed E-state index contributed by atoms with van der Waals surface area (Å²) in [7, 11) is 0. The summed E-state index contributed by atoms with van der Waals surface area (Å²) in [5.74, 6) is 1.49. The van der Waals surface area contributed by atoms with Gasteiger partial charge in [0.05, 0.1) is 12.0 Å². The van der Waals surface area contributed by atoms with Gasteiger partial charge in [0.1, 0.15) is 12.1 Å². The van der Waals surface area contributed by atoms with Crippen molar-refractivity contribution in [3.05, 3.63) is 52.4 Å². The smallest absolute Gasteiger partial charge is 0.231 e. The average Bonchev–Trinajstić information content (AvgIpc) is 3.25. The lowest BCUT2D eigenvalue weighted by Gasteiger charge is -2.39. The maximum Gasteiger partial charge on any atom is 0.231 e. The van der Waals surface area contributed by atoms with E-state index in [0.29, 0.717) is 30.6 Å². The van der Waals surface area contributed by atoms with Crippen LogP contribution in [0.2, 0.25) is 5.02 Å². The van der Waals surface area contributed by atoms with Crippen molar-refractivity contribution >= 4 is 48.1 Å². The normalized spacial score (nSPS) is 21.4. The highest BCUT2D eigenvalue weighted by molar-refractivity contribution is 6.30. The second-order valence-corrected chi connectivity index (χ2v) is 10.4. The van der Waals surface area contributed by atoms with Crippen molar-refractivity contribution in [2.24, 2.45) is 0 Å². The Morgan fingerprint density at radius 2 is 1.69 bits per heavy atom. The van der Waals surface area contributed by atoms with Crippen LogP contribution in [0.1, 0.15) is 54.8 Å². The number of aryl methyl sites for hydroxylation is 1. The molecule has 0 saturated carbocycles. The van der Waals surface area contributed by atoms with Crippen molar-refractivity contribution in [1.82, 2.24) is 19.8 Å². The number of rotatable bonds is 5. The number of benzene rings is 1. The van der Waals surface area contributed by atoms with Crippen LogP contribution in [0.15, 0.2) is 30.6 Å². The fourth-order valence-corrected chi connectivity index (χ4v) is 5.74. The van der Waals surface area contributed by atoms with Gasteiger partial charge < -0.3 is 19.8 Å². The number of carbonyl (C=O) groups is 1. The molecule has 1 amide bonds. The number of piperazine rings is 1. The van der Waals surface area contributed by atoms with Crippen molar-refractivity contribution < 1.29 is 9.90 Å². The molecule has 3 heterocycles. The summed E-state index contributed by atoms with van der Waals surface area (Å²) in [6.45, 7) is 7.52. The molecule has 1 aliphatic carbocycles. The van der Waals surface area contributed by atoms with Gasteiger partial charge in [-0.25, -0.2) is 9.97 Å². The van der Waals surface area contributed by atoms with Gasteiger partial charge in [-0.05, 0) is 49.3 Å². The number of carbonyl (C=O) groups excluding carboxylic acids is 1. The van der Waals surface area contributed by atoms with Crippen molar-refractivity contribution in [2.75, 3.05) is 50.7 Å². The van der Waals surface area contributed by atoms with Crippen LogP contribution >= 0.6 is 36.4 Å². The number of nitrogens with zero attached hydrogens (tertiary/aromatic N) is 5. The molecular formula is C26H36Cl3N5O2. The summed E-state index contributed by atoms with van der Waals surface area (Å²) in [4.78, 5) is 29.6. The number of likely N-dealkylation sites (tertiary alicyclic amines) is 1. The highest BCUT2D eigenvalue weighted by atomic mass is 35.5. The molecule has 2 saturated heterocycles. The van der Waals surface area contributed by atoms with Crippen LogP contribution < -0.4 is 4.90 Å². The van der Waals surface area contributed by atoms with Gasteiger partial charge in [-0.2, -0.15) is 0 Å². The quantitative estimate of drug-likeness (QED) is 0.602. The van der Waals surface area contributed by atoms with Crippen LogP contribution in [0.4, 0.5) is 5.82 Å². The molecule has 1 N–H and O–H groups in total. The fraction of sp³-hybridized carbons (Fsp3) is 0.577. The number of hydrogen-bond donors (Lipinski definition) is 1. The first kappa shape index (κ1) is 28.9. The van der Waals surface area contributed by atoms with Crippen molar-refractivity contribution in [3.63, 3.8) is 0 Å². The monoisotopic (exact) mass is 555 g/mol. The summed E-state index contributed by atoms with van der Waals surface area (Å²) in [5, 5.41) is 10.6. The minimum atomic E-state index is -0.234. The number of amides is 1. The molecule has 198 valence electrons. The molecule has 36 heavy (non-hydrogen) atoms. The van der Waals surface area contributed by atoms with E-state index < -0.39 is 0 Å². The number of aliphatic hydroxyl groups is 1. The van der Waals surface area contributed by atoms with E-state index in [4.69, 9.17) is 11.6 Å². The average molecular weight is 557 g/mol. The minimum Gasteiger partial charge on any atom is -0.393 e. The lowest BCUT2D eigenvalue weighted by molar-refractivity contribution is -0.133. The molecule has 2 aromatic rings. The zero-order chi connectivity index (χ0) is 23.7. The van der Waals surface area contributed by atoms with E-state index >= 15 is 0 Å². The second kappa shape index (κ2) is 12.7. The van der Waals surface area contributed by atoms with Gasteiger partial charge in [-0.15, -0.1) is 24.8 Å². The Bertz CT molecular complexity index is 1010. The number of aromatic nitrogens is 2. The van der Waals surface area contributed by atoms with Crippen molar-refractivity contribution in [1.29, 1.82) is 0 Å². The fourth-order valence-electron chi connectivity index (χ4n) is 5.62. The third-order valence-corrected chi connectivity index (χ3v) is 7.96. The predicted octanol–water partition coefficient (Wildman–Crippen LogP) is 3.91. The topological polar surface area (TPSA) is 72.8 Å².